The number of benzene rings is 2. The van der Waals surface area contributed by atoms with Crippen molar-refractivity contribution < 1.29 is 0 Å². The molecule has 3 rings (SSSR count). The van der Waals surface area contributed by atoms with Gasteiger partial charge < -0.3 is 0 Å². The zero-order chi connectivity index (χ0) is 11.7. The first-order valence-electron chi connectivity index (χ1n) is 6.15. The van der Waals surface area contributed by atoms with Crippen molar-refractivity contribution in [1.82, 2.24) is 4.98 Å². The topological polar surface area (TPSA) is 12.9 Å². The van der Waals surface area contributed by atoms with E-state index in [0.29, 0.717) is 0 Å². The predicted octanol–water partition coefficient (Wildman–Crippen LogP) is 4.34. The van der Waals surface area contributed by atoms with Gasteiger partial charge in [-0.2, -0.15) is 0 Å². The molecule has 3 aromatic rings. The summed E-state index contributed by atoms with van der Waals surface area (Å²) >= 11 is 0. The second-order valence-electron chi connectivity index (χ2n) is 4.41. The van der Waals surface area contributed by atoms with Crippen LogP contribution in [0.2, 0.25) is 0 Å². The van der Waals surface area contributed by atoms with Crippen molar-refractivity contribution in [2.75, 3.05) is 0 Å². The molecular formula is C16H15N. The Kier molecular flexibility index (Phi) is 2.52. The van der Waals surface area contributed by atoms with Crippen LogP contribution in [0.5, 0.6) is 0 Å². The van der Waals surface area contributed by atoms with Gasteiger partial charge in [0.2, 0.25) is 0 Å². The monoisotopic (exact) mass is 221 g/mol. The van der Waals surface area contributed by atoms with E-state index in [-0.39, 0.29) is 0 Å². The smallest absolute Gasteiger partial charge is 0.0711 e. The second-order valence-corrected chi connectivity index (χ2v) is 4.41. The molecule has 2 aromatic carbocycles. The molecule has 17 heavy (non-hydrogen) atoms. The largest absolute Gasteiger partial charge is 0.256 e. The van der Waals surface area contributed by atoms with Gasteiger partial charge in [-0.05, 0) is 23.4 Å². The van der Waals surface area contributed by atoms with Crippen LogP contribution in [0.1, 0.15) is 18.9 Å². The highest BCUT2D eigenvalue weighted by atomic mass is 14.6. The lowest BCUT2D eigenvalue weighted by Crippen LogP contribution is -1.89. The number of aryl methyl sites for hydroxylation is 1. The number of fused-ring (bicyclic) bond motifs is 3. The third kappa shape index (κ3) is 1.68. The van der Waals surface area contributed by atoms with Gasteiger partial charge in [0.25, 0.3) is 0 Å². The van der Waals surface area contributed by atoms with E-state index in [1.165, 1.54) is 28.1 Å². The Labute approximate surface area is 101 Å². The Hall–Kier alpha value is -1.89. The summed E-state index contributed by atoms with van der Waals surface area (Å²) in [6, 6.07) is 14.9. The number of pyridine rings is 1. The van der Waals surface area contributed by atoms with Crippen molar-refractivity contribution in [3.8, 4) is 0 Å². The van der Waals surface area contributed by atoms with Crippen molar-refractivity contribution in [1.29, 1.82) is 0 Å². The zero-order valence-electron chi connectivity index (χ0n) is 9.98. The van der Waals surface area contributed by atoms with Crippen LogP contribution in [0.25, 0.3) is 21.7 Å². The Morgan fingerprint density at radius 1 is 1.00 bits per heavy atom. The van der Waals surface area contributed by atoms with Crippen LogP contribution in [0.4, 0.5) is 0 Å². The first-order chi connectivity index (χ1) is 8.40. The maximum atomic E-state index is 4.55. The Morgan fingerprint density at radius 2 is 1.88 bits per heavy atom. The average molecular weight is 221 g/mol. The molecule has 0 bridgehead atoms. The molecule has 1 heteroatoms. The van der Waals surface area contributed by atoms with E-state index in [4.69, 9.17) is 0 Å². The lowest BCUT2D eigenvalue weighted by Gasteiger charge is -2.08. The molecule has 0 amide bonds. The van der Waals surface area contributed by atoms with Crippen LogP contribution >= 0.6 is 0 Å². The van der Waals surface area contributed by atoms with Crippen molar-refractivity contribution >= 4 is 21.7 Å². The minimum atomic E-state index is 1.11. The maximum absolute atomic E-state index is 4.55. The minimum absolute atomic E-state index is 1.11. The molecule has 0 atom stereocenters. The molecule has 0 N–H and O–H groups in total. The van der Waals surface area contributed by atoms with Crippen LogP contribution in [-0.2, 0) is 6.42 Å². The van der Waals surface area contributed by atoms with Gasteiger partial charge in [-0.15, -0.1) is 0 Å². The summed E-state index contributed by atoms with van der Waals surface area (Å²) in [5.41, 5.74) is 2.52. The third-order valence-corrected chi connectivity index (χ3v) is 3.22. The van der Waals surface area contributed by atoms with E-state index in [9.17, 15) is 0 Å². The Bertz CT molecular complexity index is 670. The van der Waals surface area contributed by atoms with Crippen molar-refractivity contribution in [3.05, 3.63) is 54.2 Å². The van der Waals surface area contributed by atoms with Gasteiger partial charge in [-0.1, -0.05) is 49.7 Å². The van der Waals surface area contributed by atoms with Crippen LogP contribution in [0, 0.1) is 0 Å². The summed E-state index contributed by atoms with van der Waals surface area (Å²) < 4.78 is 0. The summed E-state index contributed by atoms with van der Waals surface area (Å²) in [4.78, 5) is 4.55. The van der Waals surface area contributed by atoms with Gasteiger partial charge in [0, 0.05) is 17.0 Å². The summed E-state index contributed by atoms with van der Waals surface area (Å²) in [7, 11) is 0. The molecule has 0 unspecified atom stereocenters. The molecule has 84 valence electrons. The fraction of sp³-hybridized carbons (Fsp3) is 0.188. The molecule has 0 radical (unpaired) electrons. The molecule has 0 aliphatic carbocycles. The summed E-state index contributed by atoms with van der Waals surface area (Å²) in [5, 5.41) is 3.87. The van der Waals surface area contributed by atoms with E-state index in [2.05, 4.69) is 54.4 Å². The van der Waals surface area contributed by atoms with Gasteiger partial charge in [0.15, 0.2) is 0 Å². The minimum Gasteiger partial charge on any atom is -0.256 e. The van der Waals surface area contributed by atoms with Crippen LogP contribution < -0.4 is 0 Å². The SMILES string of the molecule is CCCc1cccc2ncc3ccccc3c12. The molecule has 0 spiro atoms. The molecular weight excluding hydrogens is 206 g/mol. The summed E-state index contributed by atoms with van der Waals surface area (Å²) in [5.74, 6) is 0. The lowest BCUT2D eigenvalue weighted by atomic mass is 9.99. The molecule has 0 fully saturated rings. The quantitative estimate of drug-likeness (QED) is 0.586. The van der Waals surface area contributed by atoms with Gasteiger partial charge >= 0.3 is 0 Å². The van der Waals surface area contributed by atoms with Gasteiger partial charge in [0.1, 0.15) is 0 Å². The first-order valence-corrected chi connectivity index (χ1v) is 6.15. The third-order valence-electron chi connectivity index (χ3n) is 3.22. The fourth-order valence-electron chi connectivity index (χ4n) is 2.46. The van der Waals surface area contributed by atoms with Crippen molar-refractivity contribution in [3.63, 3.8) is 0 Å². The maximum Gasteiger partial charge on any atom is 0.0711 e. The highest BCUT2D eigenvalue weighted by molar-refractivity contribution is 6.07. The van der Waals surface area contributed by atoms with Crippen LogP contribution in [-0.4, -0.2) is 4.98 Å². The van der Waals surface area contributed by atoms with Gasteiger partial charge in [-0.3, -0.25) is 4.98 Å². The van der Waals surface area contributed by atoms with E-state index < -0.39 is 0 Å². The highest BCUT2D eigenvalue weighted by Crippen LogP contribution is 2.27. The summed E-state index contributed by atoms with van der Waals surface area (Å²) in [6.45, 7) is 2.22. The van der Waals surface area contributed by atoms with Crippen molar-refractivity contribution in [2.45, 2.75) is 19.8 Å². The molecule has 1 heterocycles. The first kappa shape index (κ1) is 10.3. The van der Waals surface area contributed by atoms with Crippen LogP contribution in [0.15, 0.2) is 48.7 Å². The average Bonchev–Trinajstić information content (AvgIpc) is 2.39. The molecule has 0 aliphatic heterocycles. The number of aromatic nitrogens is 1. The van der Waals surface area contributed by atoms with E-state index in [1.807, 2.05) is 6.20 Å². The molecule has 0 aliphatic rings. The molecule has 0 saturated heterocycles. The highest BCUT2D eigenvalue weighted by Gasteiger charge is 2.05. The number of hydrogen-bond donors (Lipinski definition) is 0. The lowest BCUT2D eigenvalue weighted by molar-refractivity contribution is 0.930. The molecule has 0 saturated carbocycles. The van der Waals surface area contributed by atoms with E-state index in [1.54, 1.807) is 0 Å². The fourth-order valence-corrected chi connectivity index (χ4v) is 2.46. The molecule has 1 nitrogen and oxygen atoms in total. The molecule has 1 aromatic heterocycles. The normalized spacial score (nSPS) is 11.1. The summed E-state index contributed by atoms with van der Waals surface area (Å²) in [6.07, 6.45) is 4.25. The van der Waals surface area contributed by atoms with Gasteiger partial charge in [0.05, 0.1) is 5.52 Å². The zero-order valence-corrected chi connectivity index (χ0v) is 9.98. The Morgan fingerprint density at radius 3 is 2.76 bits per heavy atom. The number of nitrogens with zero attached hydrogens (tertiary/aromatic N) is 1. The van der Waals surface area contributed by atoms with Crippen LogP contribution in [0.3, 0.4) is 0 Å². The Balaban J connectivity index is 2.45. The van der Waals surface area contributed by atoms with E-state index in [0.717, 1.165) is 11.9 Å². The second kappa shape index (κ2) is 4.17. The van der Waals surface area contributed by atoms with Crippen molar-refractivity contribution in [2.24, 2.45) is 0 Å². The predicted molar refractivity (Wildman–Crippen MR) is 73.2 cm³/mol. The van der Waals surface area contributed by atoms with Gasteiger partial charge in [-0.25, -0.2) is 0 Å². The number of hydrogen-bond acceptors (Lipinski definition) is 1. The standard InChI is InChI=1S/C16H15N/c1-2-6-12-8-5-10-15-16(12)14-9-4-3-7-13(14)11-17-15/h3-5,7-11H,2,6H2,1H3. The number of rotatable bonds is 2. The van der Waals surface area contributed by atoms with E-state index >= 15 is 0 Å².